The highest BCUT2D eigenvalue weighted by Crippen LogP contribution is 2.26. The third-order valence-corrected chi connectivity index (χ3v) is 3.78. The zero-order chi connectivity index (χ0) is 12.0. The molecule has 0 aromatic rings. The molecule has 0 radical (unpaired) electrons. The molecule has 0 aliphatic heterocycles. The largest absolute Gasteiger partial charge is 0.375 e. The first kappa shape index (κ1) is 14.0. The van der Waals surface area contributed by atoms with Gasteiger partial charge in [-0.1, -0.05) is 13.3 Å². The van der Waals surface area contributed by atoms with Crippen LogP contribution in [0.15, 0.2) is 0 Å². The Hall–Kier alpha value is -0.0800. The highest BCUT2D eigenvalue weighted by molar-refractivity contribution is 4.80. The molecule has 0 unspecified atom stereocenters. The molecule has 2 nitrogen and oxygen atoms in total. The molecule has 0 heterocycles. The van der Waals surface area contributed by atoms with E-state index in [4.69, 9.17) is 4.74 Å². The highest BCUT2D eigenvalue weighted by atomic mass is 16.5. The van der Waals surface area contributed by atoms with E-state index in [2.05, 4.69) is 33.0 Å². The van der Waals surface area contributed by atoms with E-state index in [-0.39, 0.29) is 5.60 Å². The Balaban J connectivity index is 2.19. The summed E-state index contributed by atoms with van der Waals surface area (Å²) in [7, 11) is 0. The van der Waals surface area contributed by atoms with Crippen molar-refractivity contribution in [1.29, 1.82) is 0 Å². The van der Waals surface area contributed by atoms with Crippen LogP contribution >= 0.6 is 0 Å². The fourth-order valence-corrected chi connectivity index (χ4v) is 2.61. The van der Waals surface area contributed by atoms with E-state index in [0.29, 0.717) is 0 Å². The molecule has 1 N–H and O–H groups in total. The van der Waals surface area contributed by atoms with Crippen molar-refractivity contribution in [1.82, 2.24) is 5.32 Å². The molecule has 0 spiro atoms. The van der Waals surface area contributed by atoms with Crippen LogP contribution in [-0.2, 0) is 4.74 Å². The van der Waals surface area contributed by atoms with Crippen LogP contribution in [0.3, 0.4) is 0 Å². The van der Waals surface area contributed by atoms with E-state index >= 15 is 0 Å². The smallest absolute Gasteiger partial charge is 0.0750 e. The molecule has 16 heavy (non-hydrogen) atoms. The lowest BCUT2D eigenvalue weighted by molar-refractivity contribution is -0.0116. The Bertz CT molecular complexity index is 183. The van der Waals surface area contributed by atoms with E-state index in [1.54, 1.807) is 0 Å². The van der Waals surface area contributed by atoms with Gasteiger partial charge in [-0.2, -0.15) is 0 Å². The number of hydrogen-bond donors (Lipinski definition) is 1. The van der Waals surface area contributed by atoms with Crippen molar-refractivity contribution in [2.45, 2.75) is 71.4 Å². The van der Waals surface area contributed by atoms with E-state index in [1.165, 1.54) is 32.1 Å². The molecule has 1 aliphatic rings. The molecule has 0 saturated heterocycles. The van der Waals surface area contributed by atoms with E-state index < -0.39 is 0 Å². The highest BCUT2D eigenvalue weighted by Gasteiger charge is 2.23. The minimum absolute atomic E-state index is 0.0175. The van der Waals surface area contributed by atoms with Crippen molar-refractivity contribution >= 4 is 0 Å². The minimum Gasteiger partial charge on any atom is -0.375 e. The summed E-state index contributed by atoms with van der Waals surface area (Å²) in [6, 6.07) is 0.725. The Morgan fingerprint density at radius 2 is 1.75 bits per heavy atom. The Kier molecular flexibility index (Phi) is 5.77. The van der Waals surface area contributed by atoms with Crippen LogP contribution in [0.1, 0.15) is 59.8 Å². The Morgan fingerprint density at radius 1 is 1.12 bits per heavy atom. The first-order valence-corrected chi connectivity index (χ1v) is 6.94. The maximum atomic E-state index is 5.70. The first-order chi connectivity index (χ1) is 7.57. The summed E-state index contributed by atoms with van der Waals surface area (Å²) in [6.07, 6.45) is 6.87. The van der Waals surface area contributed by atoms with E-state index in [0.717, 1.165) is 25.1 Å². The molecule has 96 valence electrons. The second kappa shape index (κ2) is 6.61. The quantitative estimate of drug-likeness (QED) is 0.751. The lowest BCUT2D eigenvalue weighted by Gasteiger charge is -2.32. The molecule has 2 heteroatoms. The van der Waals surface area contributed by atoms with Crippen molar-refractivity contribution in [2.75, 3.05) is 13.2 Å². The van der Waals surface area contributed by atoms with E-state index in [1.807, 2.05) is 0 Å². The zero-order valence-electron chi connectivity index (χ0n) is 11.5. The summed E-state index contributed by atoms with van der Waals surface area (Å²) in [6.45, 7) is 10.5. The summed E-state index contributed by atoms with van der Waals surface area (Å²) < 4.78 is 5.70. The molecule has 0 aromatic carbocycles. The number of ether oxygens (including phenoxy) is 1. The van der Waals surface area contributed by atoms with Gasteiger partial charge in [-0.3, -0.25) is 0 Å². The number of rotatable bonds is 6. The van der Waals surface area contributed by atoms with Gasteiger partial charge in [0.05, 0.1) is 5.60 Å². The Labute approximate surface area is 101 Å². The molecule has 0 amide bonds. The molecule has 1 fully saturated rings. The molecular formula is C14H29NO. The van der Waals surface area contributed by atoms with Crippen molar-refractivity contribution in [3.05, 3.63) is 0 Å². The van der Waals surface area contributed by atoms with Gasteiger partial charge in [-0.25, -0.2) is 0 Å². The SMILES string of the molecule is CCOC(C)(C)CNC1CCC(CC)CC1. The number of nitrogens with one attached hydrogen (secondary N) is 1. The third kappa shape index (κ3) is 4.84. The summed E-state index contributed by atoms with van der Waals surface area (Å²) in [5.74, 6) is 0.984. The molecule has 1 rings (SSSR count). The Morgan fingerprint density at radius 3 is 2.25 bits per heavy atom. The van der Waals surface area contributed by atoms with Gasteiger partial charge >= 0.3 is 0 Å². The first-order valence-electron chi connectivity index (χ1n) is 6.94. The van der Waals surface area contributed by atoms with Gasteiger partial charge in [-0.15, -0.1) is 0 Å². The van der Waals surface area contributed by atoms with Crippen LogP contribution in [0.2, 0.25) is 0 Å². The van der Waals surface area contributed by atoms with Crippen molar-refractivity contribution in [2.24, 2.45) is 5.92 Å². The topological polar surface area (TPSA) is 21.3 Å². The predicted molar refractivity (Wildman–Crippen MR) is 69.7 cm³/mol. The standard InChI is InChI=1S/C14H29NO/c1-5-12-7-9-13(10-8-12)15-11-14(3,4)16-6-2/h12-13,15H,5-11H2,1-4H3. The lowest BCUT2D eigenvalue weighted by Crippen LogP contribution is -2.43. The van der Waals surface area contributed by atoms with Crippen LogP contribution in [0.4, 0.5) is 0 Å². The predicted octanol–water partition coefficient (Wildman–Crippen LogP) is 3.36. The van der Waals surface area contributed by atoms with Crippen LogP contribution in [0.5, 0.6) is 0 Å². The van der Waals surface area contributed by atoms with Crippen molar-refractivity contribution in [3.63, 3.8) is 0 Å². The molecule has 0 bridgehead atoms. The van der Waals surface area contributed by atoms with Crippen LogP contribution in [0, 0.1) is 5.92 Å². The van der Waals surface area contributed by atoms with Crippen LogP contribution < -0.4 is 5.32 Å². The molecule has 1 aliphatic carbocycles. The monoisotopic (exact) mass is 227 g/mol. The van der Waals surface area contributed by atoms with Gasteiger partial charge in [0.1, 0.15) is 0 Å². The summed E-state index contributed by atoms with van der Waals surface area (Å²) in [5, 5.41) is 3.67. The minimum atomic E-state index is -0.0175. The van der Waals surface area contributed by atoms with Gasteiger partial charge in [0, 0.05) is 19.2 Å². The second-order valence-corrected chi connectivity index (χ2v) is 5.70. The number of hydrogen-bond acceptors (Lipinski definition) is 2. The van der Waals surface area contributed by atoms with Gasteiger partial charge in [0.15, 0.2) is 0 Å². The average molecular weight is 227 g/mol. The van der Waals surface area contributed by atoms with Crippen molar-refractivity contribution < 1.29 is 4.74 Å². The normalized spacial score (nSPS) is 27.0. The fraction of sp³-hybridized carbons (Fsp3) is 1.00. The van der Waals surface area contributed by atoms with E-state index in [9.17, 15) is 0 Å². The molecular weight excluding hydrogens is 198 g/mol. The lowest BCUT2D eigenvalue weighted by atomic mass is 9.84. The fourth-order valence-electron chi connectivity index (χ4n) is 2.61. The van der Waals surface area contributed by atoms with Crippen LogP contribution in [-0.4, -0.2) is 24.8 Å². The maximum absolute atomic E-state index is 5.70. The second-order valence-electron chi connectivity index (χ2n) is 5.70. The third-order valence-electron chi connectivity index (χ3n) is 3.78. The van der Waals surface area contributed by atoms with Gasteiger partial charge in [0.25, 0.3) is 0 Å². The maximum Gasteiger partial charge on any atom is 0.0750 e. The summed E-state index contributed by atoms with van der Waals surface area (Å²) in [5.41, 5.74) is -0.0175. The van der Waals surface area contributed by atoms with Crippen molar-refractivity contribution in [3.8, 4) is 0 Å². The average Bonchev–Trinajstić information content (AvgIpc) is 2.27. The molecule has 1 saturated carbocycles. The van der Waals surface area contributed by atoms with Gasteiger partial charge in [0.2, 0.25) is 0 Å². The summed E-state index contributed by atoms with van der Waals surface area (Å²) in [4.78, 5) is 0. The zero-order valence-corrected chi connectivity index (χ0v) is 11.5. The van der Waals surface area contributed by atoms with Gasteiger partial charge < -0.3 is 10.1 Å². The molecule has 0 atom stereocenters. The van der Waals surface area contributed by atoms with Crippen LogP contribution in [0.25, 0.3) is 0 Å². The molecule has 0 aromatic heterocycles. The summed E-state index contributed by atoms with van der Waals surface area (Å²) >= 11 is 0. The van der Waals surface area contributed by atoms with Gasteiger partial charge in [-0.05, 0) is 52.4 Å².